The number of hydrogen-bond acceptors (Lipinski definition) is 3. The van der Waals surface area contributed by atoms with E-state index in [4.69, 9.17) is 4.74 Å². The van der Waals surface area contributed by atoms with Gasteiger partial charge in [-0.25, -0.2) is 9.37 Å². The summed E-state index contributed by atoms with van der Waals surface area (Å²) in [4.78, 5) is 8.55. The van der Waals surface area contributed by atoms with E-state index >= 15 is 0 Å². The first kappa shape index (κ1) is 16.0. The van der Waals surface area contributed by atoms with E-state index in [1.807, 2.05) is 36.8 Å². The lowest BCUT2D eigenvalue weighted by Crippen LogP contribution is -2.20. The maximum absolute atomic E-state index is 14.0. The molecular weight excluding hydrogens is 317 g/mol. The fourth-order valence-corrected chi connectivity index (χ4v) is 3.45. The van der Waals surface area contributed by atoms with Gasteiger partial charge in [0, 0.05) is 36.3 Å². The van der Waals surface area contributed by atoms with Crippen molar-refractivity contribution in [1.29, 1.82) is 0 Å². The Hall–Kier alpha value is -2.53. The van der Waals surface area contributed by atoms with E-state index in [2.05, 4.69) is 14.5 Å². The highest BCUT2D eigenvalue weighted by atomic mass is 19.1. The third kappa shape index (κ3) is 3.20. The van der Waals surface area contributed by atoms with Crippen LogP contribution in [-0.4, -0.2) is 27.7 Å². The van der Waals surface area contributed by atoms with E-state index in [1.165, 1.54) is 5.56 Å². The second-order valence-electron chi connectivity index (χ2n) is 6.55. The number of aryl methyl sites for hydroxylation is 1. The van der Waals surface area contributed by atoms with Gasteiger partial charge in [-0.1, -0.05) is 12.1 Å². The zero-order chi connectivity index (χ0) is 17.2. The number of halogens is 1. The number of imidazole rings is 1. The van der Waals surface area contributed by atoms with Crippen LogP contribution in [0, 0.1) is 18.7 Å². The lowest BCUT2D eigenvalue weighted by atomic mass is 9.95. The zero-order valence-corrected chi connectivity index (χ0v) is 14.1. The van der Waals surface area contributed by atoms with Crippen LogP contribution in [0.2, 0.25) is 0 Å². The van der Waals surface area contributed by atoms with E-state index in [9.17, 15) is 4.39 Å². The van der Waals surface area contributed by atoms with Crippen molar-refractivity contribution >= 4 is 0 Å². The molecule has 0 aliphatic carbocycles. The Balaban J connectivity index is 1.63. The molecule has 0 amide bonds. The lowest BCUT2D eigenvalue weighted by molar-refractivity contribution is 0.181. The number of hydrogen-bond donors (Lipinski definition) is 0. The van der Waals surface area contributed by atoms with Gasteiger partial charge in [0.1, 0.15) is 11.6 Å². The van der Waals surface area contributed by atoms with Crippen LogP contribution < -0.4 is 0 Å². The second kappa shape index (κ2) is 6.76. The van der Waals surface area contributed by atoms with Crippen molar-refractivity contribution < 1.29 is 9.13 Å². The Labute approximate surface area is 146 Å². The summed E-state index contributed by atoms with van der Waals surface area (Å²) in [5, 5.41) is 0. The minimum Gasteiger partial charge on any atom is -0.379 e. The molecule has 4 nitrogen and oxygen atoms in total. The largest absolute Gasteiger partial charge is 0.379 e. The van der Waals surface area contributed by atoms with Crippen molar-refractivity contribution in [2.45, 2.75) is 19.4 Å². The number of benzene rings is 1. The standard InChI is InChI=1S/C20H20FN3O/c1-14-2-3-16(11-18(14)21)20-23-8-9-24(20)19-13-25-12-17(19)10-15-4-6-22-7-5-15/h2-9,11,17,19H,10,12-13H2,1H3/t17-,19-/m1/s1. The van der Waals surface area contributed by atoms with Crippen molar-refractivity contribution in [3.63, 3.8) is 0 Å². The summed E-state index contributed by atoms with van der Waals surface area (Å²) in [6.07, 6.45) is 8.30. The fourth-order valence-electron chi connectivity index (χ4n) is 3.45. The van der Waals surface area contributed by atoms with Gasteiger partial charge in [-0.15, -0.1) is 0 Å². The van der Waals surface area contributed by atoms with Gasteiger partial charge in [-0.3, -0.25) is 4.98 Å². The Morgan fingerprint density at radius 2 is 2.00 bits per heavy atom. The van der Waals surface area contributed by atoms with Gasteiger partial charge < -0.3 is 9.30 Å². The molecule has 0 spiro atoms. The summed E-state index contributed by atoms with van der Waals surface area (Å²) in [6, 6.07) is 9.55. The van der Waals surface area contributed by atoms with E-state index in [0.717, 1.165) is 17.8 Å². The monoisotopic (exact) mass is 337 g/mol. The molecule has 0 saturated carbocycles. The van der Waals surface area contributed by atoms with Crippen LogP contribution in [0.5, 0.6) is 0 Å². The van der Waals surface area contributed by atoms with Gasteiger partial charge in [0.2, 0.25) is 0 Å². The molecule has 1 aromatic carbocycles. The molecule has 0 N–H and O–H groups in total. The molecule has 0 radical (unpaired) electrons. The zero-order valence-electron chi connectivity index (χ0n) is 14.1. The number of pyridine rings is 1. The molecule has 4 rings (SSSR count). The summed E-state index contributed by atoms with van der Waals surface area (Å²) in [6.45, 7) is 3.13. The highest BCUT2D eigenvalue weighted by molar-refractivity contribution is 5.56. The first-order valence-electron chi connectivity index (χ1n) is 8.48. The SMILES string of the molecule is Cc1ccc(-c2nccn2[C@@H]2COC[C@H]2Cc2ccncc2)cc1F. The molecule has 0 unspecified atom stereocenters. The third-order valence-electron chi connectivity index (χ3n) is 4.87. The number of ether oxygens (including phenoxy) is 1. The maximum Gasteiger partial charge on any atom is 0.140 e. The number of aromatic nitrogens is 3. The molecule has 3 heterocycles. The molecule has 0 bridgehead atoms. The van der Waals surface area contributed by atoms with Crippen LogP contribution in [0.25, 0.3) is 11.4 Å². The van der Waals surface area contributed by atoms with Crippen molar-refractivity contribution in [3.05, 3.63) is 72.1 Å². The molecule has 3 aromatic rings. The van der Waals surface area contributed by atoms with E-state index in [-0.39, 0.29) is 11.9 Å². The predicted octanol–water partition coefficient (Wildman–Crippen LogP) is 3.82. The van der Waals surface area contributed by atoms with Gasteiger partial charge in [0.05, 0.1) is 19.3 Å². The summed E-state index contributed by atoms with van der Waals surface area (Å²) >= 11 is 0. The smallest absolute Gasteiger partial charge is 0.140 e. The van der Waals surface area contributed by atoms with Crippen LogP contribution in [0.1, 0.15) is 17.2 Å². The predicted molar refractivity (Wildman–Crippen MR) is 93.6 cm³/mol. The molecule has 5 heteroatoms. The van der Waals surface area contributed by atoms with Gasteiger partial charge in [0.15, 0.2) is 0 Å². The van der Waals surface area contributed by atoms with Crippen molar-refractivity contribution in [1.82, 2.24) is 14.5 Å². The second-order valence-corrected chi connectivity index (χ2v) is 6.55. The summed E-state index contributed by atoms with van der Waals surface area (Å²) < 4.78 is 21.9. The van der Waals surface area contributed by atoms with Crippen LogP contribution in [0.3, 0.4) is 0 Å². The van der Waals surface area contributed by atoms with Gasteiger partial charge >= 0.3 is 0 Å². The van der Waals surface area contributed by atoms with Crippen molar-refractivity contribution in [2.75, 3.05) is 13.2 Å². The van der Waals surface area contributed by atoms with Crippen molar-refractivity contribution in [3.8, 4) is 11.4 Å². The third-order valence-corrected chi connectivity index (χ3v) is 4.87. The van der Waals surface area contributed by atoms with Crippen molar-refractivity contribution in [2.24, 2.45) is 5.92 Å². The Bertz CT molecular complexity index is 862. The molecule has 1 saturated heterocycles. The highest BCUT2D eigenvalue weighted by Crippen LogP contribution is 2.32. The van der Waals surface area contributed by atoms with Crippen LogP contribution in [-0.2, 0) is 11.2 Å². The molecule has 2 atom stereocenters. The first-order valence-corrected chi connectivity index (χ1v) is 8.48. The molecule has 25 heavy (non-hydrogen) atoms. The van der Waals surface area contributed by atoms with Crippen LogP contribution in [0.4, 0.5) is 4.39 Å². The minimum atomic E-state index is -0.206. The molecule has 1 aliphatic rings. The lowest BCUT2D eigenvalue weighted by Gasteiger charge is -2.21. The summed E-state index contributed by atoms with van der Waals surface area (Å²) in [7, 11) is 0. The van der Waals surface area contributed by atoms with Gasteiger partial charge in [-0.2, -0.15) is 0 Å². The topological polar surface area (TPSA) is 39.9 Å². The minimum absolute atomic E-state index is 0.190. The highest BCUT2D eigenvalue weighted by Gasteiger charge is 2.31. The Kier molecular flexibility index (Phi) is 4.32. The summed E-state index contributed by atoms with van der Waals surface area (Å²) in [5.41, 5.74) is 2.68. The number of nitrogens with zero attached hydrogens (tertiary/aromatic N) is 3. The fraction of sp³-hybridized carbons (Fsp3) is 0.300. The average Bonchev–Trinajstić information content (AvgIpc) is 3.27. The van der Waals surface area contributed by atoms with Crippen LogP contribution >= 0.6 is 0 Å². The molecule has 1 aliphatic heterocycles. The Morgan fingerprint density at radius 3 is 2.80 bits per heavy atom. The molecule has 128 valence electrons. The average molecular weight is 337 g/mol. The molecule has 2 aromatic heterocycles. The summed E-state index contributed by atoms with van der Waals surface area (Å²) in [5.74, 6) is 0.933. The molecule has 1 fully saturated rings. The quantitative estimate of drug-likeness (QED) is 0.726. The van der Waals surface area contributed by atoms with Gasteiger partial charge in [-0.05, 0) is 42.7 Å². The van der Waals surface area contributed by atoms with E-state index in [1.54, 1.807) is 25.3 Å². The molecular formula is C20H20FN3O. The van der Waals surface area contributed by atoms with E-state index < -0.39 is 0 Å². The van der Waals surface area contributed by atoms with Crippen LogP contribution in [0.15, 0.2) is 55.1 Å². The number of rotatable bonds is 4. The van der Waals surface area contributed by atoms with Gasteiger partial charge in [0.25, 0.3) is 0 Å². The Morgan fingerprint density at radius 1 is 1.16 bits per heavy atom. The first-order chi connectivity index (χ1) is 12.2. The normalized spacial score (nSPS) is 20.1. The van der Waals surface area contributed by atoms with E-state index in [0.29, 0.717) is 24.7 Å². The maximum atomic E-state index is 14.0.